The number of likely N-dealkylation sites (tertiary alicyclic amines) is 1. The maximum atomic E-state index is 11.9. The molecule has 2 heterocycles. The van der Waals surface area contributed by atoms with Crippen molar-refractivity contribution in [2.75, 3.05) is 25.0 Å². The van der Waals surface area contributed by atoms with E-state index in [0.29, 0.717) is 10.7 Å². The van der Waals surface area contributed by atoms with Crippen molar-refractivity contribution in [2.45, 2.75) is 12.8 Å². The first-order valence-corrected chi connectivity index (χ1v) is 7.87. The van der Waals surface area contributed by atoms with Gasteiger partial charge in [-0.3, -0.25) is 9.78 Å². The summed E-state index contributed by atoms with van der Waals surface area (Å²) < 4.78 is 0. The van der Waals surface area contributed by atoms with Crippen molar-refractivity contribution in [2.24, 2.45) is 0 Å². The highest BCUT2D eigenvalue weighted by molar-refractivity contribution is 6.35. The lowest BCUT2D eigenvalue weighted by atomic mass is 10.1. The van der Waals surface area contributed by atoms with Gasteiger partial charge in [0.1, 0.15) is 0 Å². The number of nitrogens with zero attached hydrogens (tertiary/aromatic N) is 2. The zero-order valence-electron chi connectivity index (χ0n) is 12.5. The molecule has 7 heteroatoms. The Morgan fingerprint density at radius 3 is 2.83 bits per heavy atom. The number of benzene rings is 1. The Kier molecular flexibility index (Phi) is 4.62. The number of nitrogens with one attached hydrogen (secondary N) is 2. The van der Waals surface area contributed by atoms with E-state index in [9.17, 15) is 9.59 Å². The molecule has 0 bridgehead atoms. The smallest absolute Gasteiger partial charge is 0.319 e. The maximum Gasteiger partial charge on any atom is 0.319 e. The van der Waals surface area contributed by atoms with Crippen LogP contribution in [0, 0.1) is 0 Å². The Hall–Kier alpha value is -2.34. The van der Waals surface area contributed by atoms with Crippen molar-refractivity contribution in [3.63, 3.8) is 0 Å². The van der Waals surface area contributed by atoms with Crippen LogP contribution in [0.4, 0.5) is 10.5 Å². The molecule has 0 saturated carbocycles. The summed E-state index contributed by atoms with van der Waals surface area (Å²) in [6.07, 6.45) is 5.40. The summed E-state index contributed by atoms with van der Waals surface area (Å²) in [7, 11) is 0. The van der Waals surface area contributed by atoms with Crippen molar-refractivity contribution >= 4 is 40.0 Å². The van der Waals surface area contributed by atoms with Crippen molar-refractivity contribution in [1.82, 2.24) is 15.2 Å². The molecule has 6 nitrogen and oxygen atoms in total. The summed E-state index contributed by atoms with van der Waals surface area (Å²) in [6, 6.07) is 4.86. The summed E-state index contributed by atoms with van der Waals surface area (Å²) in [4.78, 5) is 29.6. The van der Waals surface area contributed by atoms with E-state index in [1.54, 1.807) is 23.4 Å². The van der Waals surface area contributed by atoms with E-state index in [1.807, 2.05) is 12.1 Å². The molecule has 3 rings (SSSR count). The quantitative estimate of drug-likeness (QED) is 0.907. The number of aromatic nitrogens is 1. The minimum Gasteiger partial charge on any atom is -0.341 e. The third-order valence-electron chi connectivity index (χ3n) is 3.82. The highest BCUT2D eigenvalue weighted by atomic mass is 35.5. The molecule has 1 aliphatic rings. The number of rotatable bonds is 3. The Balaban J connectivity index is 1.60. The number of anilines is 1. The summed E-state index contributed by atoms with van der Waals surface area (Å²) >= 11 is 6.19. The lowest BCUT2D eigenvalue weighted by molar-refractivity contribution is -0.128. The van der Waals surface area contributed by atoms with Gasteiger partial charge < -0.3 is 15.5 Å². The molecule has 23 heavy (non-hydrogen) atoms. The molecule has 0 radical (unpaired) electrons. The number of carbonyl (C=O) groups is 2. The molecule has 1 fully saturated rings. The number of fused-ring (bicyclic) bond motifs is 1. The topological polar surface area (TPSA) is 74.3 Å². The standard InChI is InChI=1S/C16H17ClN4O2/c17-14-8-12(7-11-3-4-18-9-13(11)14)20-16(23)19-10-15(22)21-5-1-2-6-21/h3-4,7-9H,1-2,5-6,10H2,(H2,19,20,23). The first-order valence-electron chi connectivity index (χ1n) is 7.49. The molecule has 1 aromatic carbocycles. The molecule has 2 aromatic rings. The fraction of sp³-hybridized carbons (Fsp3) is 0.312. The molecule has 3 amide bonds. The summed E-state index contributed by atoms with van der Waals surface area (Å²) in [5.74, 6) is -0.0553. The number of pyridine rings is 1. The average molecular weight is 333 g/mol. The molecule has 0 atom stereocenters. The number of halogens is 1. The molecular formula is C16H17ClN4O2. The van der Waals surface area contributed by atoms with E-state index in [1.165, 1.54) is 0 Å². The Morgan fingerprint density at radius 2 is 2.04 bits per heavy atom. The average Bonchev–Trinajstić information content (AvgIpc) is 3.07. The molecule has 1 aromatic heterocycles. The maximum absolute atomic E-state index is 11.9. The van der Waals surface area contributed by atoms with Crippen molar-refractivity contribution in [3.8, 4) is 0 Å². The molecule has 1 aliphatic heterocycles. The van der Waals surface area contributed by atoms with Crippen molar-refractivity contribution < 1.29 is 9.59 Å². The van der Waals surface area contributed by atoms with Gasteiger partial charge >= 0.3 is 6.03 Å². The predicted octanol–water partition coefficient (Wildman–Crippen LogP) is 2.63. The second-order valence-electron chi connectivity index (χ2n) is 5.45. The Bertz CT molecular complexity index is 744. The lowest BCUT2D eigenvalue weighted by Gasteiger charge is -2.15. The SMILES string of the molecule is O=C(NCC(=O)N1CCCC1)Nc1cc(Cl)c2cnccc2c1. The van der Waals surface area contributed by atoms with Gasteiger partial charge in [0.05, 0.1) is 11.6 Å². The van der Waals surface area contributed by atoms with E-state index in [2.05, 4.69) is 15.6 Å². The van der Waals surface area contributed by atoms with Gasteiger partial charge in [0, 0.05) is 36.6 Å². The molecule has 0 spiro atoms. The lowest BCUT2D eigenvalue weighted by Crippen LogP contribution is -2.40. The number of urea groups is 1. The van der Waals surface area contributed by atoms with E-state index in [-0.39, 0.29) is 12.5 Å². The summed E-state index contributed by atoms with van der Waals surface area (Å²) in [5.41, 5.74) is 0.569. The van der Waals surface area contributed by atoms with Gasteiger partial charge in [-0.15, -0.1) is 0 Å². The third-order valence-corrected chi connectivity index (χ3v) is 4.13. The van der Waals surface area contributed by atoms with Crippen LogP contribution in [0.1, 0.15) is 12.8 Å². The van der Waals surface area contributed by atoms with Crippen LogP contribution in [0.25, 0.3) is 10.8 Å². The van der Waals surface area contributed by atoms with Crippen LogP contribution < -0.4 is 10.6 Å². The van der Waals surface area contributed by atoms with Gasteiger partial charge in [-0.1, -0.05) is 11.6 Å². The minimum atomic E-state index is -0.429. The van der Waals surface area contributed by atoms with E-state index in [4.69, 9.17) is 11.6 Å². The zero-order chi connectivity index (χ0) is 16.2. The van der Waals surface area contributed by atoms with Crippen LogP contribution in [0.5, 0.6) is 0 Å². The van der Waals surface area contributed by atoms with Crippen LogP contribution in [0.2, 0.25) is 5.02 Å². The van der Waals surface area contributed by atoms with Crippen LogP contribution in [-0.4, -0.2) is 41.5 Å². The van der Waals surface area contributed by atoms with E-state index in [0.717, 1.165) is 36.7 Å². The number of carbonyl (C=O) groups excluding carboxylic acids is 2. The highest BCUT2D eigenvalue weighted by Gasteiger charge is 2.18. The van der Waals surface area contributed by atoms with Crippen molar-refractivity contribution in [1.29, 1.82) is 0 Å². The van der Waals surface area contributed by atoms with Crippen LogP contribution in [0.3, 0.4) is 0 Å². The number of hydrogen-bond acceptors (Lipinski definition) is 3. The van der Waals surface area contributed by atoms with Gasteiger partial charge in [0.25, 0.3) is 0 Å². The second-order valence-corrected chi connectivity index (χ2v) is 5.86. The van der Waals surface area contributed by atoms with Crippen molar-refractivity contribution in [3.05, 3.63) is 35.6 Å². The van der Waals surface area contributed by atoms with Gasteiger partial charge in [-0.05, 0) is 36.4 Å². The first-order chi connectivity index (χ1) is 11.1. The van der Waals surface area contributed by atoms with Crippen LogP contribution >= 0.6 is 11.6 Å². The zero-order valence-corrected chi connectivity index (χ0v) is 13.3. The number of amides is 3. The fourth-order valence-electron chi connectivity index (χ4n) is 2.64. The normalized spacial score (nSPS) is 14.0. The fourth-order valence-corrected chi connectivity index (χ4v) is 2.91. The highest BCUT2D eigenvalue weighted by Crippen LogP contribution is 2.26. The molecule has 0 aliphatic carbocycles. The van der Waals surface area contributed by atoms with Crippen LogP contribution in [0.15, 0.2) is 30.6 Å². The Morgan fingerprint density at radius 1 is 1.26 bits per heavy atom. The molecule has 120 valence electrons. The molecular weight excluding hydrogens is 316 g/mol. The molecule has 1 saturated heterocycles. The first kappa shape index (κ1) is 15.6. The van der Waals surface area contributed by atoms with E-state index >= 15 is 0 Å². The van der Waals surface area contributed by atoms with Gasteiger partial charge in [-0.25, -0.2) is 4.79 Å². The minimum absolute atomic E-state index is 0.00291. The molecule has 2 N–H and O–H groups in total. The summed E-state index contributed by atoms with van der Waals surface area (Å²) in [5, 5.41) is 7.50. The predicted molar refractivity (Wildman–Crippen MR) is 89.6 cm³/mol. The van der Waals surface area contributed by atoms with Gasteiger partial charge in [0.2, 0.25) is 5.91 Å². The van der Waals surface area contributed by atoms with Gasteiger partial charge in [0.15, 0.2) is 0 Å². The Labute approximate surface area is 138 Å². The number of hydrogen-bond donors (Lipinski definition) is 2. The van der Waals surface area contributed by atoms with Gasteiger partial charge in [-0.2, -0.15) is 0 Å². The monoisotopic (exact) mass is 332 g/mol. The third kappa shape index (κ3) is 3.71. The van der Waals surface area contributed by atoms with E-state index < -0.39 is 6.03 Å². The van der Waals surface area contributed by atoms with Crippen LogP contribution in [-0.2, 0) is 4.79 Å². The molecule has 0 unspecified atom stereocenters. The largest absolute Gasteiger partial charge is 0.341 e. The summed E-state index contributed by atoms with van der Waals surface area (Å²) in [6.45, 7) is 1.55. The second kappa shape index (κ2) is 6.83.